The van der Waals surface area contributed by atoms with Crippen molar-refractivity contribution in [1.29, 1.82) is 0 Å². The first-order valence-electron chi connectivity index (χ1n) is 9.21. The molecule has 0 aromatic heterocycles. The molecule has 156 valence electrons. The molecular weight excluding hydrogens is 395 g/mol. The molecule has 1 atom stereocenters. The Hall–Kier alpha value is -1.80. The predicted octanol–water partition coefficient (Wildman–Crippen LogP) is 3.92. The van der Waals surface area contributed by atoms with Crippen LogP contribution in [0.2, 0.25) is 5.02 Å². The molecule has 2 rings (SSSR count). The van der Waals surface area contributed by atoms with E-state index in [0.29, 0.717) is 25.9 Å². The van der Waals surface area contributed by atoms with E-state index in [2.05, 4.69) is 10.6 Å². The van der Waals surface area contributed by atoms with Gasteiger partial charge in [0.05, 0.1) is 17.3 Å². The average molecular weight is 420 g/mol. The minimum absolute atomic E-state index is 0.0178. The number of halogens is 4. The molecular formula is C19H25ClF3N3O2. The Labute approximate surface area is 167 Å². The number of anilines is 1. The summed E-state index contributed by atoms with van der Waals surface area (Å²) in [6.07, 6.45) is -3.25. The number of alkyl halides is 3. The van der Waals surface area contributed by atoms with Gasteiger partial charge in [0.25, 0.3) is 0 Å². The topological polar surface area (TPSA) is 61.4 Å². The van der Waals surface area contributed by atoms with E-state index in [1.807, 2.05) is 13.8 Å². The number of piperidine rings is 1. The van der Waals surface area contributed by atoms with Gasteiger partial charge in [0.1, 0.15) is 0 Å². The Morgan fingerprint density at radius 1 is 1.18 bits per heavy atom. The van der Waals surface area contributed by atoms with Gasteiger partial charge in [-0.25, -0.2) is 0 Å². The van der Waals surface area contributed by atoms with Gasteiger partial charge in [0.2, 0.25) is 11.8 Å². The number of nitrogens with zero attached hydrogens (tertiary/aromatic N) is 1. The molecule has 1 unspecified atom stereocenters. The van der Waals surface area contributed by atoms with Gasteiger partial charge in [0.15, 0.2) is 0 Å². The highest BCUT2D eigenvalue weighted by Crippen LogP contribution is 2.36. The zero-order valence-electron chi connectivity index (χ0n) is 16.1. The van der Waals surface area contributed by atoms with Gasteiger partial charge in [-0.05, 0) is 38.0 Å². The molecule has 0 spiro atoms. The van der Waals surface area contributed by atoms with Gasteiger partial charge in [0, 0.05) is 30.1 Å². The van der Waals surface area contributed by atoms with Crippen LogP contribution in [0.15, 0.2) is 18.2 Å². The molecule has 9 heteroatoms. The lowest BCUT2D eigenvalue weighted by Gasteiger charge is -2.34. The molecule has 1 aromatic carbocycles. The van der Waals surface area contributed by atoms with Crippen LogP contribution in [0.5, 0.6) is 0 Å². The fourth-order valence-electron chi connectivity index (χ4n) is 3.16. The highest BCUT2D eigenvalue weighted by atomic mass is 35.5. The first kappa shape index (κ1) is 22.5. The summed E-state index contributed by atoms with van der Waals surface area (Å²) >= 11 is 5.65. The fourth-order valence-corrected chi connectivity index (χ4v) is 3.33. The molecule has 1 aliphatic heterocycles. The van der Waals surface area contributed by atoms with Crippen LogP contribution in [0, 0.1) is 5.92 Å². The second kappa shape index (κ2) is 9.13. The molecule has 2 N–H and O–H groups in total. The van der Waals surface area contributed by atoms with Crippen LogP contribution in [0.1, 0.15) is 39.2 Å². The predicted molar refractivity (Wildman–Crippen MR) is 102 cm³/mol. The lowest BCUT2D eigenvalue weighted by molar-refractivity contribution is -0.137. The molecule has 0 saturated carbocycles. The first-order valence-corrected chi connectivity index (χ1v) is 9.59. The van der Waals surface area contributed by atoms with E-state index in [0.717, 1.165) is 12.1 Å². The molecule has 1 aliphatic rings. The number of amides is 2. The number of benzene rings is 1. The standard InChI is InChI=1S/C19H25ClF3N3O2/c1-11(2)18(28)26-8-6-14(7-9-26)24-12(3)17(27)25-16-5-4-13(20)10-15(16)19(21,22)23/h4-5,10-12,14,24H,6-9H2,1-3H3,(H,25,27). The molecule has 0 radical (unpaired) electrons. The highest BCUT2D eigenvalue weighted by Gasteiger charge is 2.34. The summed E-state index contributed by atoms with van der Waals surface area (Å²) in [5, 5.41) is 5.41. The largest absolute Gasteiger partial charge is 0.418 e. The normalized spacial score (nSPS) is 16.9. The molecule has 0 aliphatic carbocycles. The number of carbonyl (C=O) groups is 2. The molecule has 1 fully saturated rings. The van der Waals surface area contributed by atoms with Crippen molar-refractivity contribution in [3.63, 3.8) is 0 Å². The van der Waals surface area contributed by atoms with Gasteiger partial charge in [-0.15, -0.1) is 0 Å². The summed E-state index contributed by atoms with van der Waals surface area (Å²) in [7, 11) is 0. The summed E-state index contributed by atoms with van der Waals surface area (Å²) in [4.78, 5) is 26.2. The first-order chi connectivity index (χ1) is 13.0. The summed E-state index contributed by atoms with van der Waals surface area (Å²) in [6.45, 7) is 6.50. The van der Waals surface area contributed by atoms with E-state index in [9.17, 15) is 22.8 Å². The quantitative estimate of drug-likeness (QED) is 0.760. The molecule has 2 amide bonds. The minimum Gasteiger partial charge on any atom is -0.342 e. The number of hydrogen-bond donors (Lipinski definition) is 2. The van der Waals surface area contributed by atoms with Crippen molar-refractivity contribution in [3.05, 3.63) is 28.8 Å². The van der Waals surface area contributed by atoms with E-state index in [4.69, 9.17) is 11.6 Å². The van der Waals surface area contributed by atoms with Crippen LogP contribution in [0.3, 0.4) is 0 Å². The van der Waals surface area contributed by atoms with Crippen molar-refractivity contribution in [2.45, 2.75) is 51.9 Å². The van der Waals surface area contributed by atoms with Gasteiger partial charge >= 0.3 is 6.18 Å². The van der Waals surface area contributed by atoms with Crippen molar-refractivity contribution in [2.75, 3.05) is 18.4 Å². The van der Waals surface area contributed by atoms with Crippen LogP contribution < -0.4 is 10.6 Å². The molecule has 1 heterocycles. The number of nitrogens with one attached hydrogen (secondary N) is 2. The fraction of sp³-hybridized carbons (Fsp3) is 0.579. The minimum atomic E-state index is -4.63. The van der Waals surface area contributed by atoms with Crippen molar-refractivity contribution in [2.24, 2.45) is 5.92 Å². The highest BCUT2D eigenvalue weighted by molar-refractivity contribution is 6.30. The Bertz CT molecular complexity index is 717. The smallest absolute Gasteiger partial charge is 0.342 e. The van der Waals surface area contributed by atoms with E-state index in [1.165, 1.54) is 6.07 Å². The zero-order valence-corrected chi connectivity index (χ0v) is 16.8. The van der Waals surface area contributed by atoms with Crippen LogP contribution >= 0.6 is 11.6 Å². The number of hydrogen-bond acceptors (Lipinski definition) is 3. The maximum absolute atomic E-state index is 13.2. The Morgan fingerprint density at radius 3 is 2.32 bits per heavy atom. The number of rotatable bonds is 5. The maximum atomic E-state index is 13.2. The number of carbonyl (C=O) groups excluding carboxylic acids is 2. The lowest BCUT2D eigenvalue weighted by Crippen LogP contribution is -2.50. The summed E-state index contributed by atoms with van der Waals surface area (Å²) in [5.74, 6) is -0.517. The molecule has 0 bridgehead atoms. The molecule has 1 saturated heterocycles. The van der Waals surface area contributed by atoms with Gasteiger partial charge in [-0.1, -0.05) is 25.4 Å². The second-order valence-electron chi connectivity index (χ2n) is 7.32. The Kier molecular flexibility index (Phi) is 7.33. The zero-order chi connectivity index (χ0) is 21.1. The van der Waals surface area contributed by atoms with Gasteiger partial charge in [-0.3, -0.25) is 9.59 Å². The van der Waals surface area contributed by atoms with Crippen LogP contribution in [-0.4, -0.2) is 41.9 Å². The number of likely N-dealkylation sites (tertiary alicyclic amines) is 1. The van der Waals surface area contributed by atoms with Crippen LogP contribution in [-0.2, 0) is 15.8 Å². The maximum Gasteiger partial charge on any atom is 0.418 e. The van der Waals surface area contributed by atoms with Gasteiger partial charge in [-0.2, -0.15) is 13.2 Å². The van der Waals surface area contributed by atoms with E-state index >= 15 is 0 Å². The van der Waals surface area contributed by atoms with Gasteiger partial charge < -0.3 is 15.5 Å². The summed E-state index contributed by atoms with van der Waals surface area (Å²) in [6, 6.07) is 2.56. The third-order valence-corrected chi connectivity index (χ3v) is 4.96. The average Bonchev–Trinajstić information content (AvgIpc) is 2.62. The van der Waals surface area contributed by atoms with Crippen molar-refractivity contribution >= 4 is 29.1 Å². The van der Waals surface area contributed by atoms with Crippen LogP contribution in [0.25, 0.3) is 0 Å². The summed E-state index contributed by atoms with van der Waals surface area (Å²) < 4.78 is 39.5. The SMILES string of the molecule is CC(C)C(=O)N1CCC(NC(C)C(=O)Nc2ccc(Cl)cc2C(F)(F)F)CC1. The lowest BCUT2D eigenvalue weighted by atomic mass is 10.0. The molecule has 1 aromatic rings. The monoisotopic (exact) mass is 419 g/mol. The van der Waals surface area contributed by atoms with Crippen molar-refractivity contribution < 1.29 is 22.8 Å². The summed E-state index contributed by atoms with van der Waals surface area (Å²) in [5.41, 5.74) is -1.31. The van der Waals surface area contributed by atoms with E-state index in [1.54, 1.807) is 11.8 Å². The van der Waals surface area contributed by atoms with Crippen molar-refractivity contribution in [3.8, 4) is 0 Å². The Morgan fingerprint density at radius 2 is 1.79 bits per heavy atom. The Balaban J connectivity index is 1.94. The van der Waals surface area contributed by atoms with Crippen LogP contribution in [0.4, 0.5) is 18.9 Å². The molecule has 28 heavy (non-hydrogen) atoms. The molecule has 5 nitrogen and oxygen atoms in total. The van der Waals surface area contributed by atoms with Crippen molar-refractivity contribution in [1.82, 2.24) is 10.2 Å². The third-order valence-electron chi connectivity index (χ3n) is 4.72. The third kappa shape index (κ3) is 5.85. The van der Waals surface area contributed by atoms with E-state index < -0.39 is 23.7 Å². The second-order valence-corrected chi connectivity index (χ2v) is 7.76. The van der Waals surface area contributed by atoms with E-state index in [-0.39, 0.29) is 28.6 Å².